The van der Waals surface area contributed by atoms with Gasteiger partial charge in [0.05, 0.1) is 65.3 Å². The molecule has 1 aromatic heterocycles. The number of carbonyl (C=O) groups excluding carboxylic acids is 2. The number of carboxylic acid groups (broad SMARTS) is 1. The first-order valence-corrected chi connectivity index (χ1v) is 20.7. The number of amides is 2. The van der Waals surface area contributed by atoms with Gasteiger partial charge >= 0.3 is 5.97 Å². The predicted molar refractivity (Wildman–Crippen MR) is 233 cm³/mol. The molecule has 61 heavy (non-hydrogen) atoms. The van der Waals surface area contributed by atoms with Crippen LogP contribution in [0.25, 0.3) is 32.3 Å². The van der Waals surface area contributed by atoms with E-state index >= 15 is 0 Å². The average Bonchev–Trinajstić information content (AvgIpc) is 3.24. The molecule has 0 bridgehead atoms. The van der Waals surface area contributed by atoms with Gasteiger partial charge in [-0.05, 0) is 77.1 Å². The molecule has 0 aliphatic rings. The van der Waals surface area contributed by atoms with Gasteiger partial charge in [-0.2, -0.15) is 0 Å². The first-order chi connectivity index (χ1) is 29.6. The van der Waals surface area contributed by atoms with Gasteiger partial charge in [0.15, 0.2) is 0 Å². The summed E-state index contributed by atoms with van der Waals surface area (Å²) in [7, 11) is 0. The van der Waals surface area contributed by atoms with Gasteiger partial charge in [0.25, 0.3) is 0 Å². The molecule has 4 N–H and O–H groups in total. The molecule has 0 fully saturated rings. The summed E-state index contributed by atoms with van der Waals surface area (Å²) in [6.45, 7) is 10.4. The molecule has 3 aromatic carbocycles. The van der Waals surface area contributed by atoms with E-state index in [0.29, 0.717) is 91.0 Å². The molecular weight excluding hydrogens is 783 g/mol. The van der Waals surface area contributed by atoms with Crippen LogP contribution >= 0.6 is 0 Å². The van der Waals surface area contributed by atoms with E-state index in [1.807, 2.05) is 93.6 Å². The molecule has 0 radical (unpaired) electrons. The van der Waals surface area contributed by atoms with Crippen LogP contribution in [-0.2, 0) is 33.3 Å². The fourth-order valence-electron chi connectivity index (χ4n) is 6.43. The molecular formula is C45H59N7O9. The normalized spacial score (nSPS) is 12.1. The van der Waals surface area contributed by atoms with Crippen LogP contribution in [0.2, 0.25) is 0 Å². The number of ether oxygens (including phenoxy) is 5. The number of nitrogens with one attached hydrogen (secondary N) is 3. The average molecular weight is 842 g/mol. The Morgan fingerprint density at radius 3 is 2.11 bits per heavy atom. The van der Waals surface area contributed by atoms with Crippen LogP contribution in [0, 0.1) is 12.8 Å². The SMILES string of the molecule is Cc1ccnc(NCCCC(=O)N[C@@H](CC(C)C)C(=O)N[C@@H](CC(=O)O)c2ccc(-c3ccc(OCCOCCOCCOCCOCCN=[N+]=[N-])c4ccccc34)cc2)c1. The first kappa shape index (κ1) is 47.9. The Bertz CT molecular complexity index is 2010. The number of carbonyl (C=O) groups is 3. The summed E-state index contributed by atoms with van der Waals surface area (Å²) in [5.74, 6) is -0.178. The number of nitrogens with zero attached hydrogens (tertiary/aromatic N) is 4. The van der Waals surface area contributed by atoms with E-state index in [1.54, 1.807) is 6.20 Å². The highest BCUT2D eigenvalue weighted by Gasteiger charge is 2.26. The van der Waals surface area contributed by atoms with Gasteiger partial charge in [0.1, 0.15) is 24.2 Å². The Morgan fingerprint density at radius 2 is 1.48 bits per heavy atom. The lowest BCUT2D eigenvalue weighted by atomic mass is 9.95. The summed E-state index contributed by atoms with van der Waals surface area (Å²) in [5.41, 5.74) is 11.8. The summed E-state index contributed by atoms with van der Waals surface area (Å²) < 4.78 is 28.0. The van der Waals surface area contributed by atoms with E-state index in [0.717, 1.165) is 39.0 Å². The fraction of sp³-hybridized carbons (Fsp3) is 0.467. The predicted octanol–water partition coefficient (Wildman–Crippen LogP) is 7.02. The van der Waals surface area contributed by atoms with E-state index in [9.17, 15) is 19.5 Å². The Hall–Kier alpha value is -5.77. The number of pyridine rings is 1. The van der Waals surface area contributed by atoms with E-state index < -0.39 is 24.0 Å². The minimum absolute atomic E-state index is 0.104. The van der Waals surface area contributed by atoms with Crippen LogP contribution in [0.15, 0.2) is 84.1 Å². The van der Waals surface area contributed by atoms with Crippen molar-refractivity contribution in [3.8, 4) is 16.9 Å². The van der Waals surface area contributed by atoms with Gasteiger partial charge in [-0.15, -0.1) is 0 Å². The standard InChI is InChI=1S/C45H59N7O9/c1-32(2)29-40(50-43(53)9-6-17-47-42-30-33(3)16-18-48-42)45(56)51-39(31-44(54)55)35-12-10-34(11-13-35)36-14-15-41(38-8-5-4-7-37(36)38)61-28-27-60-26-25-59-24-23-58-22-21-57-20-19-49-52-46/h4-5,7-8,10-16,18,30,32,39-40H,6,9,17,19-29,31H2,1-3H3,(H,47,48)(H,50,53)(H,51,56)(H,54,55)/t39-,40-/m0/s1. The minimum Gasteiger partial charge on any atom is -0.491 e. The molecule has 1 heterocycles. The van der Waals surface area contributed by atoms with Crippen molar-refractivity contribution in [1.82, 2.24) is 15.6 Å². The summed E-state index contributed by atoms with van der Waals surface area (Å²) in [5, 5.41) is 24.1. The lowest BCUT2D eigenvalue weighted by molar-refractivity contribution is -0.138. The van der Waals surface area contributed by atoms with Crippen LogP contribution in [0.3, 0.4) is 0 Å². The monoisotopic (exact) mass is 841 g/mol. The minimum atomic E-state index is -1.06. The van der Waals surface area contributed by atoms with E-state index in [-0.39, 0.29) is 24.7 Å². The zero-order valence-electron chi connectivity index (χ0n) is 35.3. The lowest BCUT2D eigenvalue weighted by Gasteiger charge is -2.24. The van der Waals surface area contributed by atoms with Crippen LogP contribution < -0.4 is 20.7 Å². The van der Waals surface area contributed by atoms with Crippen LogP contribution in [-0.4, -0.2) is 106 Å². The molecule has 0 unspecified atom stereocenters. The molecule has 0 aliphatic carbocycles. The first-order valence-electron chi connectivity index (χ1n) is 20.7. The number of aryl methyl sites for hydroxylation is 1. The number of aromatic nitrogens is 1. The van der Waals surface area contributed by atoms with Gasteiger partial charge in [0, 0.05) is 36.0 Å². The number of rotatable bonds is 30. The number of aliphatic carboxylic acids is 1. The second kappa shape index (κ2) is 27.2. The second-order valence-electron chi connectivity index (χ2n) is 14.7. The summed E-state index contributed by atoms with van der Waals surface area (Å²) >= 11 is 0. The van der Waals surface area contributed by atoms with E-state index in [2.05, 4.69) is 31.0 Å². The van der Waals surface area contributed by atoms with Crippen molar-refractivity contribution in [3.05, 3.63) is 101 Å². The third-order valence-corrected chi connectivity index (χ3v) is 9.36. The maximum absolute atomic E-state index is 13.6. The summed E-state index contributed by atoms with van der Waals surface area (Å²) in [4.78, 5) is 45.5. The molecule has 328 valence electrons. The largest absolute Gasteiger partial charge is 0.491 e. The topological polar surface area (TPSA) is 215 Å². The Balaban J connectivity index is 1.27. The number of azide groups is 1. The quantitative estimate of drug-likeness (QED) is 0.0181. The molecule has 0 aliphatic heterocycles. The van der Waals surface area contributed by atoms with E-state index in [4.69, 9.17) is 29.2 Å². The van der Waals surface area contributed by atoms with Gasteiger partial charge in [-0.25, -0.2) is 4.98 Å². The molecule has 16 heteroatoms. The molecule has 4 aromatic rings. The lowest BCUT2D eigenvalue weighted by Crippen LogP contribution is -2.48. The number of benzene rings is 3. The highest BCUT2D eigenvalue weighted by atomic mass is 16.6. The Morgan fingerprint density at radius 1 is 0.820 bits per heavy atom. The van der Waals surface area contributed by atoms with Gasteiger partial charge in [-0.3, -0.25) is 14.4 Å². The third kappa shape index (κ3) is 17.8. The number of carboxylic acids is 1. The number of hydrogen-bond donors (Lipinski definition) is 4. The van der Waals surface area contributed by atoms with Crippen molar-refractivity contribution in [2.24, 2.45) is 11.0 Å². The van der Waals surface area contributed by atoms with Crippen molar-refractivity contribution >= 4 is 34.4 Å². The highest BCUT2D eigenvalue weighted by molar-refractivity contribution is 6.00. The maximum atomic E-state index is 13.6. The van der Waals surface area contributed by atoms with Crippen molar-refractivity contribution in [2.45, 2.75) is 58.5 Å². The highest BCUT2D eigenvalue weighted by Crippen LogP contribution is 2.35. The van der Waals surface area contributed by atoms with Crippen LogP contribution in [0.1, 0.15) is 56.7 Å². The number of fused-ring (bicyclic) bond motifs is 1. The molecule has 0 saturated carbocycles. The van der Waals surface area contributed by atoms with Crippen molar-refractivity contribution < 1.29 is 43.2 Å². The van der Waals surface area contributed by atoms with E-state index in [1.165, 1.54) is 0 Å². The Labute approximate surface area is 357 Å². The molecule has 0 saturated heterocycles. The zero-order valence-corrected chi connectivity index (χ0v) is 35.3. The van der Waals surface area contributed by atoms with Gasteiger partial charge in [-0.1, -0.05) is 73.6 Å². The number of anilines is 1. The maximum Gasteiger partial charge on any atom is 0.305 e. The van der Waals surface area contributed by atoms with Crippen molar-refractivity contribution in [1.29, 1.82) is 0 Å². The molecule has 16 nitrogen and oxygen atoms in total. The summed E-state index contributed by atoms with van der Waals surface area (Å²) in [6, 6.07) is 21.6. The van der Waals surface area contributed by atoms with Crippen LogP contribution in [0.4, 0.5) is 5.82 Å². The molecule has 4 rings (SSSR count). The molecule has 2 amide bonds. The van der Waals surface area contributed by atoms with Crippen molar-refractivity contribution in [3.63, 3.8) is 0 Å². The van der Waals surface area contributed by atoms with Gasteiger partial charge < -0.3 is 44.7 Å². The molecule has 2 atom stereocenters. The second-order valence-corrected chi connectivity index (χ2v) is 14.7. The molecule has 0 spiro atoms. The van der Waals surface area contributed by atoms with Gasteiger partial charge in [0.2, 0.25) is 11.8 Å². The number of hydrogen-bond acceptors (Lipinski definition) is 11. The third-order valence-electron chi connectivity index (χ3n) is 9.36. The zero-order chi connectivity index (χ0) is 43.7. The smallest absolute Gasteiger partial charge is 0.305 e. The summed E-state index contributed by atoms with van der Waals surface area (Å²) in [6.07, 6.45) is 2.56. The Kier molecular flexibility index (Phi) is 21.3. The van der Waals surface area contributed by atoms with Crippen molar-refractivity contribution in [2.75, 3.05) is 77.9 Å². The fourth-order valence-corrected chi connectivity index (χ4v) is 6.43. The van der Waals surface area contributed by atoms with Crippen LogP contribution in [0.5, 0.6) is 5.75 Å².